The van der Waals surface area contributed by atoms with E-state index in [0.29, 0.717) is 0 Å². The highest BCUT2D eigenvalue weighted by Crippen LogP contribution is 2.27. The largest absolute Gasteiger partial charge is 0.309 e. The van der Waals surface area contributed by atoms with Gasteiger partial charge in [0.05, 0.1) is 9.40 Å². The van der Waals surface area contributed by atoms with Gasteiger partial charge in [-0.3, -0.25) is 14.9 Å². The minimum absolute atomic E-state index is 0.0754. The van der Waals surface area contributed by atoms with Crippen molar-refractivity contribution < 1.29 is 18.5 Å². The molecule has 0 aliphatic rings. The topological polar surface area (TPSA) is 63.5 Å². The number of rotatable bonds is 4. The molecule has 0 radical (unpaired) electrons. The lowest BCUT2D eigenvalue weighted by molar-refractivity contribution is -0.385. The number of halogens is 3. The average molecular weight is 385 g/mol. The zero-order chi connectivity index (χ0) is 17.1. The molecule has 0 saturated carbocycles. The summed E-state index contributed by atoms with van der Waals surface area (Å²) in [7, 11) is 0. The normalized spacial score (nSPS) is 10.4. The van der Waals surface area contributed by atoms with Gasteiger partial charge in [-0.2, -0.15) is 0 Å². The van der Waals surface area contributed by atoms with Crippen LogP contribution in [0.25, 0.3) is 0 Å². The summed E-state index contributed by atoms with van der Waals surface area (Å²) >= 11 is 3.04. The Morgan fingerprint density at radius 1 is 1.22 bits per heavy atom. The molecule has 0 heterocycles. The van der Waals surface area contributed by atoms with Crippen molar-refractivity contribution in [2.75, 3.05) is 11.4 Å². The first-order chi connectivity index (χ1) is 10.8. The highest BCUT2D eigenvalue weighted by atomic mass is 79.9. The minimum atomic E-state index is -1.07. The highest BCUT2D eigenvalue weighted by Gasteiger charge is 2.21. The van der Waals surface area contributed by atoms with Crippen molar-refractivity contribution in [2.45, 2.75) is 6.92 Å². The van der Waals surface area contributed by atoms with E-state index in [2.05, 4.69) is 15.9 Å². The molecule has 2 aromatic carbocycles. The van der Waals surface area contributed by atoms with Gasteiger partial charge in [0.1, 0.15) is 0 Å². The molecule has 0 N–H and O–H groups in total. The smallest absolute Gasteiger partial charge is 0.284 e. The molecule has 0 aromatic heterocycles. The number of benzene rings is 2. The molecule has 23 heavy (non-hydrogen) atoms. The van der Waals surface area contributed by atoms with Crippen LogP contribution in [0.15, 0.2) is 40.9 Å². The van der Waals surface area contributed by atoms with E-state index >= 15 is 0 Å². The molecule has 8 heteroatoms. The second-order valence-corrected chi connectivity index (χ2v) is 5.43. The molecule has 0 bridgehead atoms. The van der Waals surface area contributed by atoms with Crippen LogP contribution in [0, 0.1) is 21.7 Å². The minimum Gasteiger partial charge on any atom is -0.309 e. The lowest BCUT2D eigenvalue weighted by Crippen LogP contribution is -2.30. The third-order valence-electron chi connectivity index (χ3n) is 3.17. The maximum absolute atomic E-state index is 13.4. The molecule has 0 unspecified atom stereocenters. The third kappa shape index (κ3) is 3.53. The third-order valence-corrected chi connectivity index (χ3v) is 3.84. The number of nitro groups is 1. The van der Waals surface area contributed by atoms with Crippen molar-refractivity contribution in [1.82, 2.24) is 0 Å². The summed E-state index contributed by atoms with van der Waals surface area (Å²) in [6.07, 6.45) is 0. The summed E-state index contributed by atoms with van der Waals surface area (Å²) in [4.78, 5) is 24.1. The van der Waals surface area contributed by atoms with Crippen LogP contribution in [-0.2, 0) is 0 Å². The van der Waals surface area contributed by atoms with Crippen LogP contribution in [0.1, 0.15) is 17.3 Å². The van der Waals surface area contributed by atoms with Crippen molar-refractivity contribution >= 4 is 33.2 Å². The summed E-state index contributed by atoms with van der Waals surface area (Å²) in [5.41, 5.74) is -0.00866. The van der Waals surface area contributed by atoms with Crippen molar-refractivity contribution in [3.05, 3.63) is 68.2 Å². The molecule has 0 aliphatic heterocycles. The molecule has 0 atom stereocenters. The van der Waals surface area contributed by atoms with E-state index in [1.807, 2.05) is 0 Å². The number of nitrogens with zero attached hydrogens (tertiary/aromatic N) is 2. The second-order valence-electron chi connectivity index (χ2n) is 4.57. The first kappa shape index (κ1) is 17.0. The Labute approximate surface area is 138 Å². The molecule has 120 valence electrons. The number of anilines is 1. The molecule has 2 rings (SSSR count). The highest BCUT2D eigenvalue weighted by molar-refractivity contribution is 9.10. The van der Waals surface area contributed by atoms with Gasteiger partial charge in [-0.15, -0.1) is 0 Å². The Balaban J connectivity index is 2.42. The van der Waals surface area contributed by atoms with Gasteiger partial charge in [-0.05, 0) is 47.1 Å². The Morgan fingerprint density at radius 2 is 1.91 bits per heavy atom. The second kappa shape index (κ2) is 6.82. The van der Waals surface area contributed by atoms with E-state index in [1.54, 1.807) is 6.92 Å². The predicted molar refractivity (Wildman–Crippen MR) is 84.5 cm³/mol. The standard InChI is InChI=1S/C15H11BrF2N2O3/c1-2-19(10-4-6-12(17)13(18)8-10)15(21)9-3-5-11(16)14(7-9)20(22)23/h3-8H,2H2,1H3. The van der Waals surface area contributed by atoms with Gasteiger partial charge < -0.3 is 4.90 Å². The lowest BCUT2D eigenvalue weighted by Gasteiger charge is -2.21. The lowest BCUT2D eigenvalue weighted by atomic mass is 10.1. The Morgan fingerprint density at radius 3 is 2.48 bits per heavy atom. The Kier molecular flexibility index (Phi) is 5.05. The van der Waals surface area contributed by atoms with E-state index in [4.69, 9.17) is 0 Å². The predicted octanol–water partition coefficient (Wildman–Crippen LogP) is 4.30. The molecule has 5 nitrogen and oxygen atoms in total. The van der Waals surface area contributed by atoms with Crippen molar-refractivity contribution in [1.29, 1.82) is 0 Å². The van der Waals surface area contributed by atoms with Gasteiger partial charge in [0.25, 0.3) is 11.6 Å². The fourth-order valence-corrected chi connectivity index (χ4v) is 2.43. The molecule has 0 aliphatic carbocycles. The zero-order valence-electron chi connectivity index (χ0n) is 11.9. The fourth-order valence-electron chi connectivity index (χ4n) is 2.04. The van der Waals surface area contributed by atoms with Crippen molar-refractivity contribution in [3.63, 3.8) is 0 Å². The first-order valence-corrected chi connectivity index (χ1v) is 7.35. The monoisotopic (exact) mass is 384 g/mol. The van der Waals surface area contributed by atoms with E-state index in [-0.39, 0.29) is 28.0 Å². The molecule has 0 spiro atoms. The van der Waals surface area contributed by atoms with Crippen LogP contribution in [-0.4, -0.2) is 17.4 Å². The average Bonchev–Trinajstić information content (AvgIpc) is 2.51. The van der Waals surface area contributed by atoms with E-state index < -0.39 is 22.5 Å². The molecule has 0 saturated heterocycles. The number of carbonyl (C=O) groups excluding carboxylic acids is 1. The van der Waals surface area contributed by atoms with Crippen LogP contribution < -0.4 is 4.90 Å². The summed E-state index contributed by atoms with van der Waals surface area (Å²) in [5, 5.41) is 10.9. The van der Waals surface area contributed by atoms with Crippen molar-refractivity contribution in [3.8, 4) is 0 Å². The summed E-state index contributed by atoms with van der Waals surface area (Å²) in [6.45, 7) is 1.85. The number of hydrogen-bond acceptors (Lipinski definition) is 3. The molecule has 2 aromatic rings. The van der Waals surface area contributed by atoms with E-state index in [1.165, 1.54) is 23.1 Å². The van der Waals surface area contributed by atoms with Crippen LogP contribution in [0.5, 0.6) is 0 Å². The molecular weight excluding hydrogens is 374 g/mol. The van der Waals surface area contributed by atoms with Crippen molar-refractivity contribution in [2.24, 2.45) is 0 Å². The van der Waals surface area contributed by atoms with Gasteiger partial charge in [0, 0.05) is 29.9 Å². The zero-order valence-corrected chi connectivity index (χ0v) is 13.5. The SMILES string of the molecule is CCN(C(=O)c1ccc(Br)c([N+](=O)[O-])c1)c1ccc(F)c(F)c1. The Hall–Kier alpha value is -2.35. The number of carbonyl (C=O) groups is 1. The summed E-state index contributed by atoms with van der Waals surface area (Å²) in [6, 6.07) is 7.04. The quantitative estimate of drug-likeness (QED) is 0.582. The van der Waals surface area contributed by atoms with Gasteiger partial charge in [-0.1, -0.05) is 0 Å². The van der Waals surface area contributed by atoms with Crippen LogP contribution in [0.2, 0.25) is 0 Å². The van der Waals surface area contributed by atoms with Crippen LogP contribution in [0.3, 0.4) is 0 Å². The number of nitro benzene ring substituents is 1. The van der Waals surface area contributed by atoms with E-state index in [9.17, 15) is 23.7 Å². The Bertz CT molecular complexity index is 783. The van der Waals surface area contributed by atoms with Crippen LogP contribution in [0.4, 0.5) is 20.2 Å². The van der Waals surface area contributed by atoms with Gasteiger partial charge in [0.2, 0.25) is 0 Å². The molecule has 0 fully saturated rings. The van der Waals surface area contributed by atoms with E-state index in [0.717, 1.165) is 18.2 Å². The van der Waals surface area contributed by atoms with Gasteiger partial charge in [-0.25, -0.2) is 8.78 Å². The van der Waals surface area contributed by atoms with Gasteiger partial charge in [0.15, 0.2) is 11.6 Å². The number of amides is 1. The fraction of sp³-hybridized carbons (Fsp3) is 0.133. The van der Waals surface area contributed by atoms with Crippen LogP contribution >= 0.6 is 15.9 Å². The molecule has 1 amide bonds. The maximum Gasteiger partial charge on any atom is 0.284 e. The molecular formula is C15H11BrF2N2O3. The summed E-state index contributed by atoms with van der Waals surface area (Å²) in [5.74, 6) is -2.64. The van der Waals surface area contributed by atoms with Gasteiger partial charge >= 0.3 is 0 Å². The summed E-state index contributed by atoms with van der Waals surface area (Å²) < 4.78 is 26.6. The first-order valence-electron chi connectivity index (χ1n) is 6.56. The number of hydrogen-bond donors (Lipinski definition) is 0. The maximum atomic E-state index is 13.4.